The number of fused-ring (bicyclic) bond motifs is 6. The Kier molecular flexibility index (Phi) is 25.0. The molecule has 0 amide bonds. The van der Waals surface area contributed by atoms with E-state index in [-0.39, 0.29) is 0 Å². The van der Waals surface area contributed by atoms with E-state index in [0.717, 1.165) is 158 Å². The average molecular weight is 1900 g/mol. The molecule has 0 atom stereocenters. The Morgan fingerprint density at radius 1 is 0.188 bits per heavy atom. The quantitative estimate of drug-likeness (QED) is 0.0748. The van der Waals surface area contributed by atoms with E-state index in [2.05, 4.69) is 285 Å². The van der Waals surface area contributed by atoms with Crippen molar-refractivity contribution in [1.82, 2.24) is 44.9 Å². The van der Waals surface area contributed by atoms with Crippen LogP contribution in [0.3, 0.4) is 0 Å². The summed E-state index contributed by atoms with van der Waals surface area (Å²) in [4.78, 5) is 51.1. The Bertz CT molecular complexity index is 7650. The predicted molar refractivity (Wildman–Crippen MR) is 592 cm³/mol. The first-order valence-electron chi connectivity index (χ1n) is 49.9. The molecule has 2 saturated carbocycles. The van der Waals surface area contributed by atoms with Gasteiger partial charge in [-0.25, -0.2) is 44.9 Å². The van der Waals surface area contributed by atoms with Crippen LogP contribution in [0, 0.1) is 0 Å². The molecule has 0 bridgehead atoms. The molecule has 5 aliphatic rings. The van der Waals surface area contributed by atoms with Crippen molar-refractivity contribution in [2.75, 3.05) is 14.7 Å². The lowest BCUT2D eigenvalue weighted by atomic mass is 9.95. The molecule has 17 aromatic carbocycles. The van der Waals surface area contributed by atoms with Crippen LogP contribution in [0.1, 0.15) is 74.3 Å². The predicted octanol–water partition coefficient (Wildman–Crippen LogP) is 33.1. The number of rotatable bonds is 18. The molecule has 0 N–H and O–H groups in total. The van der Waals surface area contributed by atoms with Crippen molar-refractivity contribution in [2.24, 2.45) is 0 Å². The van der Waals surface area contributed by atoms with E-state index in [4.69, 9.17) is 59.1 Å². The van der Waals surface area contributed by atoms with Crippen molar-refractivity contribution in [2.45, 2.75) is 102 Å². The molecule has 3 aliphatic heterocycles. The van der Waals surface area contributed by atoms with Gasteiger partial charge in [0.15, 0.2) is 86.9 Å². The Labute approximate surface area is 843 Å². The summed E-state index contributed by atoms with van der Waals surface area (Å²) in [6.07, 6.45) is 10.3. The van der Waals surface area contributed by atoms with Crippen LogP contribution in [0.25, 0.3) is 125 Å². The Morgan fingerprint density at radius 3 is 0.604 bits per heavy atom. The second-order valence-corrected chi connectivity index (χ2v) is 49.6. The largest absolute Gasteiger partial charge is 0.453 e. The number of hydrogen-bond acceptors (Lipinski definition) is 15. The fraction of sp³-hybridized carbons (Fsp3) is 0.126. The Morgan fingerprint density at radius 2 is 0.375 bits per heavy atom. The second-order valence-electron chi connectivity index (χ2n) is 39.4. The van der Waals surface area contributed by atoms with Gasteiger partial charge in [-0.2, -0.15) is 0 Å². The number of aromatic nitrogens is 9. The molecule has 2 fully saturated rings. The van der Waals surface area contributed by atoms with Crippen molar-refractivity contribution >= 4 is 77.7 Å². The van der Waals surface area contributed by atoms with E-state index >= 15 is 0 Å². The van der Waals surface area contributed by atoms with Gasteiger partial charge in [-0.3, -0.25) is 0 Å². The summed E-state index contributed by atoms with van der Waals surface area (Å²) in [5, 5.41) is 2.76. The third-order valence-corrected chi connectivity index (χ3v) is 31.8. The fourth-order valence-electron chi connectivity index (χ4n) is 20.0. The molecule has 144 heavy (non-hydrogen) atoms. The molecule has 0 radical (unpaired) electrons. The highest BCUT2D eigenvalue weighted by atomic mass is 28.3. The lowest BCUT2D eigenvalue weighted by Gasteiger charge is -2.34. The zero-order chi connectivity index (χ0) is 97.2. The minimum Gasteiger partial charge on any atom is -0.453 e. The zero-order valence-corrected chi connectivity index (χ0v) is 83.3. The Hall–Kier alpha value is -17.0. The maximum atomic E-state index is 6.76. The van der Waals surface area contributed by atoms with Crippen molar-refractivity contribution in [3.63, 3.8) is 0 Å². The third-order valence-electron chi connectivity index (χ3n) is 27.8. The van der Waals surface area contributed by atoms with Crippen LogP contribution in [-0.2, 0) is 0 Å². The first-order valence-corrected chi connectivity index (χ1v) is 56.9. The van der Waals surface area contributed by atoms with E-state index in [0.29, 0.717) is 64.3 Å². The zero-order valence-electron chi connectivity index (χ0n) is 81.3. The van der Waals surface area contributed by atoms with E-state index in [1.165, 1.54) is 72.9 Å². The maximum Gasteiger partial charge on any atom is 0.164 e. The molecule has 20 aromatic rings. The Balaban J connectivity index is 0.000000120. The van der Waals surface area contributed by atoms with Crippen molar-refractivity contribution in [3.8, 4) is 159 Å². The van der Waals surface area contributed by atoms with Crippen molar-refractivity contribution in [3.05, 3.63) is 436 Å². The van der Waals surface area contributed by atoms with E-state index in [1.54, 1.807) is 0 Å². The summed E-state index contributed by atoms with van der Waals surface area (Å²) in [5.74, 6) is 12.4. The van der Waals surface area contributed by atoms with E-state index in [1.807, 2.05) is 194 Å². The average Bonchev–Trinajstić information content (AvgIpc) is 0.921. The number of benzene rings is 17. The van der Waals surface area contributed by atoms with Gasteiger partial charge in [-0.1, -0.05) is 354 Å². The van der Waals surface area contributed by atoms with Crippen LogP contribution in [0.5, 0.6) is 34.5 Å². The molecule has 6 heterocycles. The minimum atomic E-state index is -1.54. The second kappa shape index (κ2) is 39.6. The normalized spacial score (nSPS) is 13.5. The summed E-state index contributed by atoms with van der Waals surface area (Å²) in [6, 6.07) is 147. The minimum absolute atomic E-state index is 0.618. The first-order chi connectivity index (χ1) is 70.6. The van der Waals surface area contributed by atoms with Gasteiger partial charge in [-0.15, -0.1) is 0 Å². The number of nitrogens with zero attached hydrogens (tertiary/aromatic N) is 12. The molecule has 0 saturated heterocycles. The number of anilines is 9. The molecule has 0 unspecified atom stereocenters. The summed E-state index contributed by atoms with van der Waals surface area (Å²) < 4.78 is 20.1. The molecule has 3 aromatic heterocycles. The molecule has 700 valence electrons. The molecule has 2 aliphatic carbocycles. The molecular weight excluding hydrogens is 1800 g/mol. The molecule has 17 heteroatoms. The number of hydrogen-bond donors (Lipinski definition) is 0. The van der Waals surface area contributed by atoms with Gasteiger partial charge in [0.05, 0.1) is 50.3 Å². The highest BCUT2D eigenvalue weighted by Crippen LogP contribution is 2.57. The summed E-state index contributed by atoms with van der Waals surface area (Å²) in [5.41, 5.74) is 25.1. The smallest absolute Gasteiger partial charge is 0.164 e. The lowest BCUT2D eigenvalue weighted by molar-refractivity contribution is 0.474. The van der Waals surface area contributed by atoms with Crippen LogP contribution in [-0.4, -0.2) is 61.0 Å². The first kappa shape index (κ1) is 90.8. The van der Waals surface area contributed by atoms with Gasteiger partial charge in [0.25, 0.3) is 0 Å². The summed E-state index contributed by atoms with van der Waals surface area (Å²) in [6.45, 7) is 14.2. The van der Waals surface area contributed by atoms with Crippen molar-refractivity contribution < 1.29 is 14.2 Å². The number of ether oxygens (including phenoxy) is 3. The van der Waals surface area contributed by atoms with Crippen LogP contribution in [0.15, 0.2) is 425 Å². The molecule has 0 spiro atoms. The van der Waals surface area contributed by atoms with Gasteiger partial charge in [0, 0.05) is 67.1 Å². The molecule has 25 rings (SSSR count). The van der Waals surface area contributed by atoms with Crippen LogP contribution in [0.4, 0.5) is 51.2 Å². The van der Waals surface area contributed by atoms with Gasteiger partial charge in [0.1, 0.15) is 0 Å². The highest BCUT2D eigenvalue weighted by molar-refractivity contribution is 6.89. The van der Waals surface area contributed by atoms with Crippen molar-refractivity contribution in [1.29, 1.82) is 0 Å². The van der Waals surface area contributed by atoms with E-state index < -0.39 is 16.1 Å². The van der Waals surface area contributed by atoms with Crippen LogP contribution >= 0.6 is 0 Å². The SMILES string of the molecule is C[Si](C)(C)c1ccc2c(c1)Oc1cc([Si](C)(C)C)ccc1N2c1ccc(-c2nc(-c3ccccc3)nc(-c3ccccc3)n2)cc1.c1ccc(-c2ccc3c(c2)Oc2cc(-c4ccccc4)ccc2N3c2ccc(-c3nc(-c4ccccc4)nc(-c4ccccc4)n3)cc2)cc1.c1ccc(-c2nc(-c3ccccc3)nc(-c3ccc(N4c5ccc(C6CCCC6)cc5Oc5cc(C6CCCC6)ccc54)cc3)n2)cc1. The topological polar surface area (TPSA) is 153 Å². The van der Waals surface area contributed by atoms with Gasteiger partial charge < -0.3 is 28.9 Å². The fourth-order valence-corrected chi connectivity index (χ4v) is 22.3. The monoisotopic (exact) mass is 1900 g/mol. The summed E-state index contributed by atoms with van der Waals surface area (Å²) >= 11 is 0. The lowest BCUT2D eigenvalue weighted by Crippen LogP contribution is -2.38. The molecular formula is C127H106N12O3Si2. The molecule has 15 nitrogen and oxygen atoms in total. The standard InChI is InChI=1S/C45H30N4O.C43H38N4O.C39H38N4OSi2/c1-5-13-31(14-6-1)36-23-27-39-41(29-36)50-42-30-37(32-15-7-2-8-16-32)24-28-40(42)49(39)38-25-21-35(22-26-38)45-47-43(33-17-9-3-10-18-33)46-44(48-45)34-19-11-4-12-20-34;1-3-15-31(16-4-1)41-44-42(32-17-5-2-6-18-32)46-43(45-41)33-19-23-36(24-20-33)47-37-25-21-34(29-11-7-8-12-29)27-39(37)48-40-28-35(22-26-38(40)47)30-13-9-10-14-30;1-45(2,3)31-21-23-33-35(25-31)44-36-26-32(46(4,5)6)22-24-34(36)43(33)30-19-17-29(18-20-30)39-41-37(27-13-9-7-10-14-27)40-38(42-39)28-15-11-8-12-16-28/h1-30H;1-6,15-30H,7-14H2;7-26H,1-6H3. The van der Waals surface area contributed by atoms with Gasteiger partial charge in [0.2, 0.25) is 0 Å². The third kappa shape index (κ3) is 19.1. The summed E-state index contributed by atoms with van der Waals surface area (Å²) in [7, 11) is -3.08. The van der Waals surface area contributed by atoms with Crippen LogP contribution in [0.2, 0.25) is 39.3 Å². The van der Waals surface area contributed by atoms with Crippen LogP contribution < -0.4 is 39.3 Å². The van der Waals surface area contributed by atoms with Gasteiger partial charge >= 0.3 is 0 Å². The van der Waals surface area contributed by atoms with E-state index in [9.17, 15) is 0 Å². The van der Waals surface area contributed by atoms with Gasteiger partial charge in [-0.05, 0) is 216 Å². The highest BCUT2D eigenvalue weighted by Gasteiger charge is 2.35. The maximum absolute atomic E-state index is 6.76.